The Kier molecular flexibility index (Phi) is 3.24. The van der Waals surface area contributed by atoms with Crippen LogP contribution in [0.1, 0.15) is 0 Å². The Bertz CT molecular complexity index is 791. The van der Waals surface area contributed by atoms with E-state index < -0.39 is 11.6 Å². The molecule has 0 spiro atoms. The molecule has 0 unspecified atom stereocenters. The van der Waals surface area contributed by atoms with E-state index in [0.29, 0.717) is 16.5 Å². The third-order valence-corrected chi connectivity index (χ3v) is 4.73. The Morgan fingerprint density at radius 2 is 1.79 bits per heavy atom. The molecule has 0 fully saturated rings. The molecule has 19 heavy (non-hydrogen) atoms. The fourth-order valence-electron chi connectivity index (χ4n) is 1.75. The Morgan fingerprint density at radius 3 is 2.42 bits per heavy atom. The number of benzene rings is 1. The summed E-state index contributed by atoms with van der Waals surface area (Å²) in [6, 6.07) is 3.97. The number of halogens is 4. The van der Waals surface area contributed by atoms with Crippen LogP contribution in [0.4, 0.5) is 8.78 Å². The SMILES string of the molecule is Fc1cc2c(Cl)nnc(-c3sccc3Br)c2cc1F. The van der Waals surface area contributed by atoms with Gasteiger partial charge in [-0.3, -0.25) is 0 Å². The van der Waals surface area contributed by atoms with Crippen LogP contribution in [0, 0.1) is 11.6 Å². The molecule has 1 aromatic carbocycles. The molecule has 0 saturated carbocycles. The molecular weight excluding hydrogens is 358 g/mol. The van der Waals surface area contributed by atoms with Gasteiger partial charge in [-0.25, -0.2) is 8.78 Å². The number of fused-ring (bicyclic) bond motifs is 1. The van der Waals surface area contributed by atoms with Crippen LogP contribution in [-0.2, 0) is 0 Å². The summed E-state index contributed by atoms with van der Waals surface area (Å²) in [6.45, 7) is 0. The number of rotatable bonds is 1. The van der Waals surface area contributed by atoms with Crippen molar-refractivity contribution >= 4 is 49.6 Å². The van der Waals surface area contributed by atoms with Gasteiger partial charge in [0.05, 0.1) is 4.88 Å². The molecule has 0 aliphatic rings. The minimum atomic E-state index is -0.960. The second-order valence-corrected chi connectivity index (χ2v) is 5.88. The lowest BCUT2D eigenvalue weighted by atomic mass is 10.1. The normalized spacial score (nSPS) is 11.2. The second kappa shape index (κ2) is 4.77. The van der Waals surface area contributed by atoms with Gasteiger partial charge in [-0.05, 0) is 39.5 Å². The molecule has 3 aromatic rings. The highest BCUT2D eigenvalue weighted by Gasteiger charge is 2.16. The summed E-state index contributed by atoms with van der Waals surface area (Å²) in [6.07, 6.45) is 0. The fourth-order valence-corrected chi connectivity index (χ4v) is 3.50. The van der Waals surface area contributed by atoms with Gasteiger partial charge in [-0.1, -0.05) is 11.6 Å². The van der Waals surface area contributed by atoms with Crippen molar-refractivity contribution in [3.8, 4) is 10.6 Å². The zero-order chi connectivity index (χ0) is 13.6. The van der Waals surface area contributed by atoms with Crippen molar-refractivity contribution in [1.29, 1.82) is 0 Å². The van der Waals surface area contributed by atoms with Gasteiger partial charge in [0.2, 0.25) is 0 Å². The summed E-state index contributed by atoms with van der Waals surface area (Å²) < 4.78 is 27.5. The third kappa shape index (κ3) is 2.13. The van der Waals surface area contributed by atoms with Crippen LogP contribution < -0.4 is 0 Å². The summed E-state index contributed by atoms with van der Waals surface area (Å²) in [5, 5.41) is 10.5. The maximum atomic E-state index is 13.4. The second-order valence-electron chi connectivity index (χ2n) is 3.75. The predicted molar refractivity (Wildman–Crippen MR) is 75.5 cm³/mol. The van der Waals surface area contributed by atoms with Crippen molar-refractivity contribution in [3.05, 3.63) is 44.8 Å². The van der Waals surface area contributed by atoms with Gasteiger partial charge in [0.1, 0.15) is 5.69 Å². The molecule has 96 valence electrons. The minimum absolute atomic E-state index is 0.0466. The lowest BCUT2D eigenvalue weighted by Gasteiger charge is -2.06. The first-order chi connectivity index (χ1) is 9.08. The predicted octanol–water partition coefficient (Wildman–Crippen LogP) is 5.05. The first-order valence-electron chi connectivity index (χ1n) is 5.12. The van der Waals surface area contributed by atoms with Crippen LogP contribution in [0.15, 0.2) is 28.1 Å². The van der Waals surface area contributed by atoms with E-state index in [0.717, 1.165) is 21.5 Å². The van der Waals surface area contributed by atoms with E-state index in [9.17, 15) is 8.78 Å². The molecule has 0 aliphatic heterocycles. The van der Waals surface area contributed by atoms with Gasteiger partial charge in [0, 0.05) is 15.2 Å². The van der Waals surface area contributed by atoms with Gasteiger partial charge in [-0.15, -0.1) is 21.5 Å². The molecule has 0 radical (unpaired) electrons. The first kappa shape index (κ1) is 12.9. The maximum Gasteiger partial charge on any atom is 0.159 e. The molecule has 0 N–H and O–H groups in total. The summed E-state index contributed by atoms with van der Waals surface area (Å²) in [7, 11) is 0. The smallest absolute Gasteiger partial charge is 0.159 e. The summed E-state index contributed by atoms with van der Waals surface area (Å²) >= 11 is 10.7. The number of hydrogen-bond acceptors (Lipinski definition) is 3. The van der Waals surface area contributed by atoms with Gasteiger partial charge in [0.25, 0.3) is 0 Å². The number of hydrogen-bond donors (Lipinski definition) is 0. The van der Waals surface area contributed by atoms with E-state index in [-0.39, 0.29) is 5.15 Å². The molecule has 2 heterocycles. The fraction of sp³-hybridized carbons (Fsp3) is 0. The zero-order valence-corrected chi connectivity index (χ0v) is 12.3. The van der Waals surface area contributed by atoms with Crippen LogP contribution in [0.5, 0.6) is 0 Å². The summed E-state index contributed by atoms with van der Waals surface area (Å²) in [5.41, 5.74) is 0.472. The Balaban J connectivity index is 2.41. The highest BCUT2D eigenvalue weighted by atomic mass is 79.9. The highest BCUT2D eigenvalue weighted by Crippen LogP contribution is 2.37. The standard InChI is InChI=1S/C12H4BrClF2N2S/c13-7-1-2-19-11(7)10-5-3-8(15)9(16)4-6(5)12(14)18-17-10/h1-4H. The molecule has 7 heteroatoms. The van der Waals surface area contributed by atoms with Gasteiger partial charge in [-0.2, -0.15) is 0 Å². The van der Waals surface area contributed by atoms with E-state index in [2.05, 4.69) is 26.1 Å². The minimum Gasteiger partial charge on any atom is -0.204 e. The number of thiophene rings is 1. The molecule has 3 rings (SSSR count). The van der Waals surface area contributed by atoms with Gasteiger partial charge < -0.3 is 0 Å². The van der Waals surface area contributed by atoms with Crippen molar-refractivity contribution < 1.29 is 8.78 Å². The van der Waals surface area contributed by atoms with Crippen molar-refractivity contribution in [2.24, 2.45) is 0 Å². The molecule has 0 aliphatic carbocycles. The third-order valence-electron chi connectivity index (χ3n) is 2.61. The Hall–Kier alpha value is -1.11. The maximum absolute atomic E-state index is 13.4. The average molecular weight is 362 g/mol. The molecule has 0 amide bonds. The quantitative estimate of drug-likeness (QED) is 0.606. The van der Waals surface area contributed by atoms with Crippen molar-refractivity contribution in [2.75, 3.05) is 0 Å². The molecule has 0 bridgehead atoms. The molecular formula is C12H4BrClF2N2S. The van der Waals surface area contributed by atoms with Crippen molar-refractivity contribution in [2.45, 2.75) is 0 Å². The Labute approximate surface area is 124 Å². The topological polar surface area (TPSA) is 25.8 Å². The van der Waals surface area contributed by atoms with Crippen LogP contribution in [-0.4, -0.2) is 10.2 Å². The van der Waals surface area contributed by atoms with Crippen molar-refractivity contribution in [1.82, 2.24) is 10.2 Å². The van der Waals surface area contributed by atoms with Crippen LogP contribution in [0.25, 0.3) is 21.3 Å². The largest absolute Gasteiger partial charge is 0.204 e. The van der Waals surface area contributed by atoms with E-state index in [4.69, 9.17) is 11.6 Å². The monoisotopic (exact) mass is 360 g/mol. The van der Waals surface area contributed by atoms with E-state index >= 15 is 0 Å². The lowest BCUT2D eigenvalue weighted by molar-refractivity contribution is 0.511. The molecule has 0 atom stereocenters. The van der Waals surface area contributed by atoms with Gasteiger partial charge in [0.15, 0.2) is 16.8 Å². The van der Waals surface area contributed by atoms with Crippen LogP contribution in [0.3, 0.4) is 0 Å². The van der Waals surface area contributed by atoms with E-state index in [1.54, 1.807) is 0 Å². The lowest BCUT2D eigenvalue weighted by Crippen LogP contribution is -1.93. The molecule has 2 nitrogen and oxygen atoms in total. The summed E-state index contributed by atoms with van der Waals surface area (Å²) in [4.78, 5) is 0.792. The highest BCUT2D eigenvalue weighted by molar-refractivity contribution is 9.10. The number of aromatic nitrogens is 2. The molecule has 0 saturated heterocycles. The van der Waals surface area contributed by atoms with Crippen molar-refractivity contribution in [3.63, 3.8) is 0 Å². The average Bonchev–Trinajstić information content (AvgIpc) is 2.79. The zero-order valence-electron chi connectivity index (χ0n) is 9.12. The van der Waals surface area contributed by atoms with Crippen LogP contribution in [0.2, 0.25) is 5.15 Å². The molecule has 2 aromatic heterocycles. The van der Waals surface area contributed by atoms with Gasteiger partial charge >= 0.3 is 0 Å². The van der Waals surface area contributed by atoms with E-state index in [1.807, 2.05) is 11.4 Å². The van der Waals surface area contributed by atoms with E-state index in [1.165, 1.54) is 11.3 Å². The van der Waals surface area contributed by atoms with Crippen LogP contribution >= 0.6 is 38.9 Å². The Morgan fingerprint density at radius 1 is 1.11 bits per heavy atom. The summed E-state index contributed by atoms with van der Waals surface area (Å²) in [5.74, 6) is -1.90. The first-order valence-corrected chi connectivity index (χ1v) is 7.17. The number of nitrogens with zero attached hydrogens (tertiary/aromatic N) is 2.